The molecule has 138 valence electrons. The van der Waals surface area contributed by atoms with Crippen molar-refractivity contribution in [1.29, 1.82) is 0 Å². The third kappa shape index (κ3) is 3.65. The Morgan fingerprint density at radius 3 is 2.73 bits per heavy atom. The number of amides is 2. The van der Waals surface area contributed by atoms with Crippen molar-refractivity contribution in [3.8, 4) is 11.4 Å². The maximum Gasteiger partial charge on any atom is 0.471 e. The quantitative estimate of drug-likeness (QED) is 0.889. The summed E-state index contributed by atoms with van der Waals surface area (Å²) in [6, 6.07) is 1.42. The van der Waals surface area contributed by atoms with E-state index in [0.29, 0.717) is 18.5 Å². The molecule has 3 rings (SSSR count). The number of nitrogens with zero attached hydrogens (tertiary/aromatic N) is 4. The third-order valence-corrected chi connectivity index (χ3v) is 3.78. The predicted octanol–water partition coefficient (Wildman–Crippen LogP) is 2.12. The molecule has 0 spiro atoms. The Bertz CT molecular complexity index is 849. The molecule has 11 heteroatoms. The highest BCUT2D eigenvalue weighted by Crippen LogP contribution is 2.29. The average Bonchev–Trinajstić information content (AvgIpc) is 3.07. The first-order valence-electron chi connectivity index (χ1n) is 7.75. The molecule has 3 heterocycles. The molecule has 0 aromatic carbocycles. The van der Waals surface area contributed by atoms with Crippen LogP contribution < -0.4 is 5.43 Å². The van der Waals surface area contributed by atoms with Crippen LogP contribution in [0, 0.1) is 6.92 Å². The number of carbonyl (C=O) groups excluding carboxylic acids is 2. The van der Waals surface area contributed by atoms with Crippen molar-refractivity contribution in [2.24, 2.45) is 0 Å². The molecule has 0 unspecified atom stereocenters. The van der Waals surface area contributed by atoms with Gasteiger partial charge in [0.15, 0.2) is 0 Å². The minimum absolute atomic E-state index is 0.0478. The summed E-state index contributed by atoms with van der Waals surface area (Å²) in [5, 5.41) is 4.52. The summed E-state index contributed by atoms with van der Waals surface area (Å²) in [6.45, 7) is 1.99. The van der Waals surface area contributed by atoms with Gasteiger partial charge in [-0.3, -0.25) is 20.0 Å². The van der Waals surface area contributed by atoms with Crippen LogP contribution in [0.5, 0.6) is 0 Å². The molecule has 0 radical (unpaired) electrons. The topological polar surface area (TPSA) is 101 Å². The zero-order valence-electron chi connectivity index (χ0n) is 13.6. The molecule has 0 bridgehead atoms. The van der Waals surface area contributed by atoms with E-state index in [1.54, 1.807) is 6.92 Å². The van der Waals surface area contributed by atoms with Crippen molar-refractivity contribution in [2.75, 3.05) is 6.54 Å². The standard InChI is InChI=1S/C15H14F3N5O3/c1-8-6-9(12-20-14(26-22-12)15(16,17)18)7-19-11(8)13(25)21-23-5-3-2-4-10(23)24/h6-7H,2-5H2,1H3,(H,21,25). The number of carbonyl (C=O) groups is 2. The molecule has 0 aliphatic carbocycles. The van der Waals surface area contributed by atoms with Gasteiger partial charge in [0.1, 0.15) is 5.69 Å². The Morgan fingerprint density at radius 2 is 2.12 bits per heavy atom. The Kier molecular flexibility index (Phi) is 4.62. The SMILES string of the molecule is Cc1cc(-c2noc(C(F)(F)F)n2)cnc1C(=O)NN1CCCCC1=O. The first-order valence-corrected chi connectivity index (χ1v) is 7.75. The number of rotatable bonds is 3. The van der Waals surface area contributed by atoms with Crippen LogP contribution in [0.3, 0.4) is 0 Å². The van der Waals surface area contributed by atoms with E-state index in [4.69, 9.17) is 0 Å². The lowest BCUT2D eigenvalue weighted by atomic mass is 10.1. The molecule has 2 aromatic heterocycles. The first kappa shape index (κ1) is 17.8. The first-order chi connectivity index (χ1) is 12.3. The predicted molar refractivity (Wildman–Crippen MR) is 80.3 cm³/mol. The number of aromatic nitrogens is 3. The van der Waals surface area contributed by atoms with E-state index in [1.807, 2.05) is 0 Å². The normalized spacial score (nSPS) is 15.2. The third-order valence-electron chi connectivity index (χ3n) is 3.78. The summed E-state index contributed by atoms with van der Waals surface area (Å²) in [4.78, 5) is 31.3. The number of hydrogen-bond acceptors (Lipinski definition) is 6. The maximum atomic E-state index is 12.5. The molecule has 1 fully saturated rings. The van der Waals surface area contributed by atoms with Gasteiger partial charge < -0.3 is 4.52 Å². The zero-order valence-corrected chi connectivity index (χ0v) is 13.6. The van der Waals surface area contributed by atoms with Crippen LogP contribution in [-0.4, -0.2) is 38.5 Å². The van der Waals surface area contributed by atoms with Crippen LogP contribution >= 0.6 is 0 Å². The van der Waals surface area contributed by atoms with Gasteiger partial charge in [0, 0.05) is 24.7 Å². The van der Waals surface area contributed by atoms with E-state index in [-0.39, 0.29) is 23.0 Å². The molecule has 1 aliphatic rings. The van der Waals surface area contributed by atoms with Crippen molar-refractivity contribution < 1.29 is 27.3 Å². The Labute approximate surface area is 145 Å². The molecule has 2 amide bonds. The van der Waals surface area contributed by atoms with Gasteiger partial charge in [0.05, 0.1) is 0 Å². The number of pyridine rings is 1. The lowest BCUT2D eigenvalue weighted by Crippen LogP contribution is -2.48. The highest BCUT2D eigenvalue weighted by atomic mass is 19.4. The van der Waals surface area contributed by atoms with E-state index in [1.165, 1.54) is 17.3 Å². The van der Waals surface area contributed by atoms with Crippen molar-refractivity contribution in [3.05, 3.63) is 29.4 Å². The van der Waals surface area contributed by atoms with Gasteiger partial charge in [0.25, 0.3) is 5.91 Å². The monoisotopic (exact) mass is 369 g/mol. The van der Waals surface area contributed by atoms with Crippen LogP contribution in [0.4, 0.5) is 13.2 Å². The average molecular weight is 369 g/mol. The highest BCUT2D eigenvalue weighted by Gasteiger charge is 2.38. The van der Waals surface area contributed by atoms with Gasteiger partial charge in [-0.2, -0.15) is 18.2 Å². The van der Waals surface area contributed by atoms with Gasteiger partial charge in [0.2, 0.25) is 11.7 Å². The summed E-state index contributed by atoms with van der Waals surface area (Å²) in [6.07, 6.45) is -1.64. The number of halogens is 3. The largest absolute Gasteiger partial charge is 0.471 e. The highest BCUT2D eigenvalue weighted by molar-refractivity contribution is 5.95. The Morgan fingerprint density at radius 1 is 1.35 bits per heavy atom. The molecule has 1 aliphatic heterocycles. The number of aryl methyl sites for hydroxylation is 1. The summed E-state index contributed by atoms with van der Waals surface area (Å²) in [5.41, 5.74) is 3.11. The van der Waals surface area contributed by atoms with E-state index in [9.17, 15) is 22.8 Å². The number of nitrogens with one attached hydrogen (secondary N) is 1. The van der Waals surface area contributed by atoms with Crippen molar-refractivity contribution in [3.63, 3.8) is 0 Å². The van der Waals surface area contributed by atoms with Gasteiger partial charge >= 0.3 is 12.1 Å². The summed E-state index contributed by atoms with van der Waals surface area (Å²) < 4.78 is 41.7. The van der Waals surface area contributed by atoms with Gasteiger partial charge in [-0.25, -0.2) is 4.98 Å². The van der Waals surface area contributed by atoms with Crippen LogP contribution in [0.1, 0.15) is 41.2 Å². The molecule has 0 saturated carbocycles. The van der Waals surface area contributed by atoms with Crippen LogP contribution in [0.25, 0.3) is 11.4 Å². The fourth-order valence-electron chi connectivity index (χ4n) is 2.49. The van der Waals surface area contributed by atoms with Crippen LogP contribution in [0.2, 0.25) is 0 Å². The van der Waals surface area contributed by atoms with Crippen molar-refractivity contribution >= 4 is 11.8 Å². The number of piperidine rings is 1. The minimum Gasteiger partial charge on any atom is -0.329 e. The second-order valence-corrected chi connectivity index (χ2v) is 5.75. The smallest absolute Gasteiger partial charge is 0.329 e. The van der Waals surface area contributed by atoms with E-state index in [2.05, 4.69) is 25.1 Å². The molecule has 26 heavy (non-hydrogen) atoms. The molecule has 1 saturated heterocycles. The fourth-order valence-corrected chi connectivity index (χ4v) is 2.49. The summed E-state index contributed by atoms with van der Waals surface area (Å²) >= 11 is 0. The molecular formula is C15H14F3N5O3. The maximum absolute atomic E-state index is 12.5. The molecule has 0 atom stereocenters. The van der Waals surface area contributed by atoms with Crippen molar-refractivity contribution in [2.45, 2.75) is 32.4 Å². The number of hydrazine groups is 1. The molecule has 2 aromatic rings. The second-order valence-electron chi connectivity index (χ2n) is 5.75. The van der Waals surface area contributed by atoms with Crippen molar-refractivity contribution in [1.82, 2.24) is 25.6 Å². The zero-order chi connectivity index (χ0) is 18.9. The molecule has 1 N–H and O–H groups in total. The summed E-state index contributed by atoms with van der Waals surface area (Å²) in [7, 11) is 0. The fraction of sp³-hybridized carbons (Fsp3) is 0.400. The van der Waals surface area contributed by atoms with Gasteiger partial charge in [-0.15, -0.1) is 0 Å². The Hall–Kier alpha value is -2.98. The van der Waals surface area contributed by atoms with E-state index < -0.39 is 18.0 Å². The van der Waals surface area contributed by atoms with E-state index >= 15 is 0 Å². The second kappa shape index (κ2) is 6.73. The van der Waals surface area contributed by atoms with Gasteiger partial charge in [-0.05, 0) is 31.4 Å². The van der Waals surface area contributed by atoms with Crippen LogP contribution in [0.15, 0.2) is 16.8 Å². The van der Waals surface area contributed by atoms with Gasteiger partial charge in [-0.1, -0.05) is 5.16 Å². The lowest BCUT2D eigenvalue weighted by Gasteiger charge is -2.26. The minimum atomic E-state index is -4.74. The number of hydrogen-bond donors (Lipinski definition) is 1. The number of alkyl halides is 3. The Balaban J connectivity index is 1.78. The molecule has 8 nitrogen and oxygen atoms in total. The summed E-state index contributed by atoms with van der Waals surface area (Å²) in [5.74, 6) is -2.50. The van der Waals surface area contributed by atoms with Crippen LogP contribution in [-0.2, 0) is 11.0 Å². The van der Waals surface area contributed by atoms with E-state index in [0.717, 1.165) is 12.8 Å². The molecular weight excluding hydrogens is 355 g/mol. The lowest BCUT2D eigenvalue weighted by molar-refractivity contribution is -0.159.